The predicted molar refractivity (Wildman–Crippen MR) is 54.7 cm³/mol. The highest BCUT2D eigenvalue weighted by Gasteiger charge is 2.42. The van der Waals surface area contributed by atoms with Crippen LogP contribution in [0.2, 0.25) is 0 Å². The Bertz CT molecular complexity index is 421. The summed E-state index contributed by atoms with van der Waals surface area (Å²) in [4.78, 5) is 14.6. The van der Waals surface area contributed by atoms with Crippen molar-refractivity contribution in [2.45, 2.75) is 25.4 Å². The fraction of sp³-hybridized carbons (Fsp3) is 0.667. The smallest absolute Gasteiger partial charge is 0.288 e. The van der Waals surface area contributed by atoms with Gasteiger partial charge in [0.1, 0.15) is 12.4 Å². The lowest BCUT2D eigenvalue weighted by atomic mass is 10.0. The van der Waals surface area contributed by atoms with Gasteiger partial charge in [0, 0.05) is 5.92 Å². The number of carbonyl (C=O) groups excluding carboxylic acids is 1. The van der Waals surface area contributed by atoms with Gasteiger partial charge in [0.25, 0.3) is 5.91 Å². The van der Waals surface area contributed by atoms with Crippen LogP contribution in [0.25, 0.3) is 0 Å². The summed E-state index contributed by atoms with van der Waals surface area (Å²) >= 11 is 0. The van der Waals surface area contributed by atoms with Crippen molar-refractivity contribution in [3.05, 3.63) is 12.2 Å². The second-order valence-electron chi connectivity index (χ2n) is 4.01. The van der Waals surface area contributed by atoms with E-state index in [0.717, 1.165) is 0 Å². The first-order valence-corrected chi connectivity index (χ1v) is 5.20. The van der Waals surface area contributed by atoms with Crippen LogP contribution in [-0.4, -0.2) is 49.7 Å². The molecule has 0 aromatic carbocycles. The topological polar surface area (TPSA) is 123 Å². The van der Waals surface area contributed by atoms with Crippen molar-refractivity contribution in [3.8, 4) is 0 Å². The van der Waals surface area contributed by atoms with E-state index in [1.165, 1.54) is 11.0 Å². The van der Waals surface area contributed by atoms with Gasteiger partial charge in [0.05, 0.1) is 12.7 Å². The van der Waals surface area contributed by atoms with Crippen LogP contribution in [0.3, 0.4) is 0 Å². The van der Waals surface area contributed by atoms with Crippen LogP contribution >= 0.6 is 0 Å². The Morgan fingerprint density at radius 1 is 1.71 bits per heavy atom. The molecule has 2 heterocycles. The molecule has 17 heavy (non-hydrogen) atoms. The van der Waals surface area contributed by atoms with E-state index in [4.69, 9.17) is 15.6 Å². The van der Waals surface area contributed by atoms with E-state index in [9.17, 15) is 9.90 Å². The van der Waals surface area contributed by atoms with Crippen LogP contribution in [0.1, 0.15) is 23.8 Å². The van der Waals surface area contributed by atoms with Crippen molar-refractivity contribution in [3.63, 3.8) is 0 Å². The number of rotatable bonds is 3. The highest BCUT2D eigenvalue weighted by atomic mass is 16.5. The van der Waals surface area contributed by atoms with Crippen LogP contribution in [-0.2, 0) is 4.74 Å². The number of aromatic nitrogens is 3. The minimum absolute atomic E-state index is 0.109. The molecule has 1 fully saturated rings. The Labute approximate surface area is 97.0 Å². The van der Waals surface area contributed by atoms with Gasteiger partial charge in [0.15, 0.2) is 6.23 Å². The molecule has 1 amide bonds. The van der Waals surface area contributed by atoms with Crippen molar-refractivity contribution < 1.29 is 19.7 Å². The van der Waals surface area contributed by atoms with Crippen molar-refractivity contribution >= 4 is 5.91 Å². The molecule has 1 aromatic rings. The summed E-state index contributed by atoms with van der Waals surface area (Å²) in [5.74, 6) is -1.11. The lowest BCUT2D eigenvalue weighted by Crippen LogP contribution is -2.28. The number of hydrogen-bond acceptors (Lipinski definition) is 6. The maximum absolute atomic E-state index is 10.8. The van der Waals surface area contributed by atoms with Gasteiger partial charge < -0.3 is 20.7 Å². The number of carbonyl (C=O) groups is 1. The molecule has 94 valence electrons. The lowest BCUT2D eigenvalue weighted by molar-refractivity contribution is -0.0506. The largest absolute Gasteiger partial charge is 0.394 e. The molecule has 2 rings (SSSR count). The van der Waals surface area contributed by atoms with E-state index in [1.54, 1.807) is 6.92 Å². The lowest BCUT2D eigenvalue weighted by Gasteiger charge is -2.14. The maximum Gasteiger partial charge on any atom is 0.288 e. The maximum atomic E-state index is 10.8. The van der Waals surface area contributed by atoms with Crippen molar-refractivity contribution in [2.24, 2.45) is 11.7 Å². The van der Waals surface area contributed by atoms with Gasteiger partial charge in [0.2, 0.25) is 5.82 Å². The first kappa shape index (κ1) is 12.0. The zero-order valence-corrected chi connectivity index (χ0v) is 9.22. The van der Waals surface area contributed by atoms with E-state index < -0.39 is 24.3 Å². The average Bonchev–Trinajstić information content (AvgIpc) is 2.87. The summed E-state index contributed by atoms with van der Waals surface area (Å²) in [5, 5.41) is 22.6. The molecule has 4 N–H and O–H groups in total. The molecule has 1 aromatic heterocycles. The van der Waals surface area contributed by atoms with Crippen LogP contribution < -0.4 is 5.73 Å². The van der Waals surface area contributed by atoms with E-state index in [-0.39, 0.29) is 18.3 Å². The van der Waals surface area contributed by atoms with E-state index in [2.05, 4.69) is 10.1 Å². The Kier molecular flexibility index (Phi) is 3.09. The number of aliphatic hydroxyl groups excluding tert-OH is 2. The SMILES string of the molecule is C[C@@H]1C(O)C(CO)OC1n1cnc(C(N)=O)n1. The molecule has 8 heteroatoms. The highest BCUT2D eigenvalue weighted by Crippen LogP contribution is 2.33. The van der Waals surface area contributed by atoms with Crippen molar-refractivity contribution in [1.29, 1.82) is 0 Å². The third-order valence-electron chi connectivity index (χ3n) is 2.85. The highest BCUT2D eigenvalue weighted by molar-refractivity contribution is 5.88. The molecule has 0 saturated carbocycles. The quantitative estimate of drug-likeness (QED) is 0.578. The van der Waals surface area contributed by atoms with Crippen LogP contribution in [0.4, 0.5) is 0 Å². The number of primary amides is 1. The second kappa shape index (κ2) is 4.40. The summed E-state index contributed by atoms with van der Waals surface area (Å²) in [6, 6.07) is 0. The van der Waals surface area contributed by atoms with Gasteiger partial charge in [-0.25, -0.2) is 9.67 Å². The zero-order chi connectivity index (χ0) is 12.6. The molecule has 0 spiro atoms. The molecular weight excluding hydrogens is 228 g/mol. The number of nitrogens with zero attached hydrogens (tertiary/aromatic N) is 3. The fourth-order valence-corrected chi connectivity index (χ4v) is 1.86. The number of aliphatic hydroxyl groups is 2. The Morgan fingerprint density at radius 2 is 2.41 bits per heavy atom. The minimum Gasteiger partial charge on any atom is -0.394 e. The second-order valence-corrected chi connectivity index (χ2v) is 4.01. The monoisotopic (exact) mass is 242 g/mol. The number of nitrogens with two attached hydrogens (primary N) is 1. The van der Waals surface area contributed by atoms with Crippen molar-refractivity contribution in [2.75, 3.05) is 6.61 Å². The third-order valence-corrected chi connectivity index (χ3v) is 2.85. The normalized spacial score (nSPS) is 32.9. The summed E-state index contributed by atoms with van der Waals surface area (Å²) in [6.45, 7) is 1.48. The van der Waals surface area contributed by atoms with Crippen LogP contribution in [0, 0.1) is 5.92 Å². The molecular formula is C9H14N4O4. The van der Waals surface area contributed by atoms with Gasteiger partial charge >= 0.3 is 0 Å². The zero-order valence-electron chi connectivity index (χ0n) is 9.22. The Hall–Kier alpha value is -1.51. The van der Waals surface area contributed by atoms with E-state index >= 15 is 0 Å². The predicted octanol–water partition coefficient (Wildman–Crippen LogP) is -1.74. The molecule has 1 aliphatic heterocycles. The third kappa shape index (κ3) is 2.02. The Morgan fingerprint density at radius 3 is 2.88 bits per heavy atom. The molecule has 3 unspecified atom stereocenters. The van der Waals surface area contributed by atoms with Crippen molar-refractivity contribution in [1.82, 2.24) is 14.8 Å². The summed E-state index contributed by atoms with van der Waals surface area (Å²) in [5.41, 5.74) is 5.03. The minimum atomic E-state index is -0.786. The number of amides is 1. The van der Waals surface area contributed by atoms with Crippen LogP contribution in [0.15, 0.2) is 6.33 Å². The van der Waals surface area contributed by atoms with Crippen LogP contribution in [0.5, 0.6) is 0 Å². The molecule has 0 radical (unpaired) electrons. The van der Waals surface area contributed by atoms with E-state index in [0.29, 0.717) is 0 Å². The summed E-state index contributed by atoms with van der Waals surface area (Å²) < 4.78 is 6.75. The van der Waals surface area contributed by atoms with Gasteiger partial charge in [-0.05, 0) is 0 Å². The summed E-state index contributed by atoms with van der Waals surface area (Å²) in [7, 11) is 0. The fourth-order valence-electron chi connectivity index (χ4n) is 1.86. The molecule has 4 atom stereocenters. The molecule has 8 nitrogen and oxygen atoms in total. The summed E-state index contributed by atoms with van der Waals surface area (Å²) in [6.07, 6.45) is -0.696. The van der Waals surface area contributed by atoms with Gasteiger partial charge in [-0.1, -0.05) is 6.92 Å². The molecule has 1 saturated heterocycles. The Balaban J connectivity index is 2.19. The molecule has 0 bridgehead atoms. The van der Waals surface area contributed by atoms with E-state index in [1.807, 2.05) is 0 Å². The standard InChI is InChI=1S/C9H14N4O4/c1-4-6(15)5(2-14)17-9(4)13-3-11-8(12-13)7(10)16/h3-6,9,14-15H,2H2,1H3,(H2,10,16)/t4-,5?,6?,9?/m1/s1. The first-order valence-electron chi connectivity index (χ1n) is 5.20. The molecule has 0 aliphatic carbocycles. The van der Waals surface area contributed by atoms with Gasteiger partial charge in [-0.15, -0.1) is 5.10 Å². The first-order chi connectivity index (χ1) is 8.04. The average molecular weight is 242 g/mol. The molecule has 1 aliphatic rings. The number of hydrogen-bond donors (Lipinski definition) is 3. The van der Waals surface area contributed by atoms with Gasteiger partial charge in [-0.2, -0.15) is 0 Å². The van der Waals surface area contributed by atoms with Gasteiger partial charge in [-0.3, -0.25) is 4.79 Å². The number of ether oxygens (including phenoxy) is 1.